The summed E-state index contributed by atoms with van der Waals surface area (Å²) in [6, 6.07) is 14.9. The topological polar surface area (TPSA) is 65.2 Å². The maximum Gasteiger partial charge on any atom is 0.339 e. The van der Waals surface area contributed by atoms with Crippen LogP contribution in [0.4, 0.5) is 0 Å². The lowest BCUT2D eigenvalue weighted by molar-refractivity contribution is 0.0436. The quantitative estimate of drug-likeness (QED) is 0.328. The van der Waals surface area contributed by atoms with Gasteiger partial charge in [0.1, 0.15) is 5.52 Å². The van der Waals surface area contributed by atoms with E-state index in [1.54, 1.807) is 29.2 Å². The van der Waals surface area contributed by atoms with Gasteiger partial charge in [0.05, 0.1) is 16.3 Å². The summed E-state index contributed by atoms with van der Waals surface area (Å²) in [5, 5.41) is 3.08. The van der Waals surface area contributed by atoms with Crippen molar-refractivity contribution in [1.29, 1.82) is 0 Å². The Morgan fingerprint density at radius 1 is 1.15 bits per heavy atom. The maximum atomic E-state index is 12.6. The van der Waals surface area contributed by atoms with E-state index in [1.807, 2.05) is 54.8 Å². The Bertz CT molecular complexity index is 1050. The molecular weight excluding hydrogens is 380 g/mol. The molecule has 0 fully saturated rings. The number of hydrogen-bond donors (Lipinski definition) is 0. The minimum Gasteiger partial charge on any atom is -0.452 e. The average molecular weight is 396 g/mol. The number of para-hydroxylation sites is 2. The van der Waals surface area contributed by atoms with Crippen LogP contribution in [-0.4, -0.2) is 15.9 Å². The van der Waals surface area contributed by atoms with Gasteiger partial charge in [0.25, 0.3) is 0 Å². The summed E-state index contributed by atoms with van der Waals surface area (Å²) in [6.07, 6.45) is 0. The van der Waals surface area contributed by atoms with E-state index in [4.69, 9.17) is 9.15 Å². The number of fused-ring (bicyclic) bond motifs is 1. The number of ether oxygens (including phenoxy) is 1. The zero-order chi connectivity index (χ0) is 18.6. The van der Waals surface area contributed by atoms with Crippen molar-refractivity contribution in [2.45, 2.75) is 24.2 Å². The van der Waals surface area contributed by atoms with Gasteiger partial charge in [-0.3, -0.25) is 0 Å². The number of esters is 1. The molecule has 0 saturated carbocycles. The van der Waals surface area contributed by atoms with Crippen molar-refractivity contribution in [3.8, 4) is 0 Å². The molecular formula is C20H16N2O3S2. The predicted molar refractivity (Wildman–Crippen MR) is 106 cm³/mol. The molecule has 2 aromatic heterocycles. The van der Waals surface area contributed by atoms with E-state index < -0.39 is 5.97 Å². The van der Waals surface area contributed by atoms with Crippen molar-refractivity contribution in [3.63, 3.8) is 0 Å². The van der Waals surface area contributed by atoms with Crippen LogP contribution in [0.2, 0.25) is 0 Å². The molecule has 0 aliphatic carbocycles. The number of aryl methyl sites for hydroxylation is 1. The number of nitrogens with zero attached hydrogens (tertiary/aromatic N) is 2. The Hall–Kier alpha value is -2.64. The number of hydrogen-bond acceptors (Lipinski definition) is 7. The maximum absolute atomic E-state index is 12.6. The van der Waals surface area contributed by atoms with E-state index in [9.17, 15) is 4.79 Å². The molecule has 2 aromatic carbocycles. The second-order valence-corrected chi connectivity index (χ2v) is 7.87. The number of aromatic nitrogens is 2. The average Bonchev–Trinajstić information content (AvgIpc) is 3.30. The fourth-order valence-corrected chi connectivity index (χ4v) is 4.23. The van der Waals surface area contributed by atoms with Crippen LogP contribution in [0.3, 0.4) is 0 Å². The van der Waals surface area contributed by atoms with Crippen LogP contribution < -0.4 is 0 Å². The molecule has 0 amide bonds. The van der Waals surface area contributed by atoms with E-state index in [1.165, 1.54) is 0 Å². The fraction of sp³-hybridized carbons (Fsp3) is 0.150. The molecule has 5 nitrogen and oxygen atoms in total. The van der Waals surface area contributed by atoms with Crippen LogP contribution in [-0.2, 0) is 17.1 Å². The molecule has 0 spiro atoms. The van der Waals surface area contributed by atoms with Gasteiger partial charge < -0.3 is 9.15 Å². The number of carbonyl (C=O) groups is 1. The standard InChI is InChI=1S/C20H16N2O3S2/c1-13-21-14(11-26-13)12-27-18-9-5-2-6-15(18)20(23)24-10-19-22-16-7-3-4-8-17(16)25-19/h2-9,11H,10,12H2,1H3. The van der Waals surface area contributed by atoms with Crippen LogP contribution in [0.1, 0.15) is 27.0 Å². The SMILES string of the molecule is Cc1nc(CSc2ccccc2C(=O)OCc2nc3ccccc3o2)cs1. The number of carbonyl (C=O) groups excluding carboxylic acids is 1. The highest BCUT2D eigenvalue weighted by Crippen LogP contribution is 2.27. The van der Waals surface area contributed by atoms with E-state index in [0.29, 0.717) is 22.8 Å². The predicted octanol–water partition coefficient (Wildman–Crippen LogP) is 5.24. The molecule has 0 atom stereocenters. The van der Waals surface area contributed by atoms with Gasteiger partial charge >= 0.3 is 5.97 Å². The Morgan fingerprint density at radius 3 is 2.78 bits per heavy atom. The summed E-state index contributed by atoms with van der Waals surface area (Å²) < 4.78 is 11.0. The van der Waals surface area contributed by atoms with Gasteiger partial charge in [-0.05, 0) is 31.2 Å². The molecule has 4 aromatic rings. The van der Waals surface area contributed by atoms with Crippen LogP contribution in [0, 0.1) is 6.92 Å². The third kappa shape index (κ3) is 4.20. The molecule has 136 valence electrons. The number of thioether (sulfide) groups is 1. The summed E-state index contributed by atoms with van der Waals surface area (Å²) in [5.74, 6) is 0.696. The second-order valence-electron chi connectivity index (χ2n) is 5.79. The third-order valence-electron chi connectivity index (χ3n) is 3.81. The molecule has 0 saturated heterocycles. The highest BCUT2D eigenvalue weighted by atomic mass is 32.2. The number of rotatable bonds is 6. The van der Waals surface area contributed by atoms with E-state index in [2.05, 4.69) is 9.97 Å². The normalized spacial score (nSPS) is 11.0. The highest BCUT2D eigenvalue weighted by Gasteiger charge is 2.15. The summed E-state index contributed by atoms with van der Waals surface area (Å²) in [7, 11) is 0. The first kappa shape index (κ1) is 17.8. The van der Waals surface area contributed by atoms with Crippen molar-refractivity contribution < 1.29 is 13.9 Å². The Kier molecular flexibility index (Phi) is 5.22. The van der Waals surface area contributed by atoms with Crippen molar-refractivity contribution in [1.82, 2.24) is 9.97 Å². The summed E-state index contributed by atoms with van der Waals surface area (Å²) >= 11 is 3.20. The lowest BCUT2D eigenvalue weighted by Crippen LogP contribution is -2.07. The smallest absolute Gasteiger partial charge is 0.339 e. The monoisotopic (exact) mass is 396 g/mol. The molecule has 4 rings (SSSR count). The molecule has 0 N–H and O–H groups in total. The molecule has 0 radical (unpaired) electrons. The largest absolute Gasteiger partial charge is 0.452 e. The van der Waals surface area contributed by atoms with Crippen molar-refractivity contribution in [2.75, 3.05) is 0 Å². The second kappa shape index (κ2) is 7.94. The van der Waals surface area contributed by atoms with Gasteiger partial charge in [0.15, 0.2) is 12.2 Å². The third-order valence-corrected chi connectivity index (χ3v) is 5.74. The van der Waals surface area contributed by atoms with Crippen LogP contribution >= 0.6 is 23.1 Å². The zero-order valence-corrected chi connectivity index (χ0v) is 16.2. The van der Waals surface area contributed by atoms with Crippen LogP contribution in [0.15, 0.2) is 63.2 Å². The van der Waals surface area contributed by atoms with Gasteiger partial charge in [0, 0.05) is 16.0 Å². The van der Waals surface area contributed by atoms with Gasteiger partial charge in [-0.1, -0.05) is 24.3 Å². The lowest BCUT2D eigenvalue weighted by atomic mass is 10.2. The molecule has 7 heteroatoms. The van der Waals surface area contributed by atoms with Crippen molar-refractivity contribution in [2.24, 2.45) is 0 Å². The first-order valence-electron chi connectivity index (χ1n) is 8.33. The van der Waals surface area contributed by atoms with Crippen LogP contribution in [0.5, 0.6) is 0 Å². The Labute approximate surface area is 164 Å². The number of thiazole rings is 1. The number of benzene rings is 2. The molecule has 0 bridgehead atoms. The van der Waals surface area contributed by atoms with E-state index in [-0.39, 0.29) is 6.61 Å². The molecule has 27 heavy (non-hydrogen) atoms. The summed E-state index contributed by atoms with van der Waals surface area (Å²) in [5.41, 5.74) is 2.97. The zero-order valence-electron chi connectivity index (χ0n) is 14.5. The Balaban J connectivity index is 1.43. The first-order chi connectivity index (χ1) is 13.2. The van der Waals surface area contributed by atoms with Gasteiger partial charge in [-0.2, -0.15) is 0 Å². The van der Waals surface area contributed by atoms with E-state index in [0.717, 1.165) is 21.1 Å². The molecule has 0 aliphatic rings. The van der Waals surface area contributed by atoms with Crippen molar-refractivity contribution in [3.05, 3.63) is 76.1 Å². The van der Waals surface area contributed by atoms with Gasteiger partial charge in [-0.25, -0.2) is 14.8 Å². The molecule has 2 heterocycles. The van der Waals surface area contributed by atoms with Crippen molar-refractivity contribution >= 4 is 40.2 Å². The number of oxazole rings is 1. The molecule has 0 unspecified atom stereocenters. The minimum atomic E-state index is -0.394. The lowest BCUT2D eigenvalue weighted by Gasteiger charge is -2.08. The molecule has 0 aliphatic heterocycles. The Morgan fingerprint density at radius 2 is 1.96 bits per heavy atom. The fourth-order valence-electron chi connectivity index (χ4n) is 2.57. The van der Waals surface area contributed by atoms with Gasteiger partial charge in [-0.15, -0.1) is 23.1 Å². The van der Waals surface area contributed by atoms with E-state index >= 15 is 0 Å². The van der Waals surface area contributed by atoms with Gasteiger partial charge in [0.2, 0.25) is 5.89 Å². The first-order valence-corrected chi connectivity index (χ1v) is 10.2. The minimum absolute atomic E-state index is 0.00219. The van der Waals surface area contributed by atoms with Crippen LogP contribution in [0.25, 0.3) is 11.1 Å². The summed E-state index contributed by atoms with van der Waals surface area (Å²) in [4.78, 5) is 22.2. The highest BCUT2D eigenvalue weighted by molar-refractivity contribution is 7.98. The summed E-state index contributed by atoms with van der Waals surface area (Å²) in [6.45, 7) is 1.98.